The Balaban J connectivity index is 0.00000408. The minimum atomic E-state index is -0.408. The Morgan fingerprint density at radius 1 is 1.21 bits per heavy atom. The molecule has 0 atom stereocenters. The van der Waals surface area contributed by atoms with Crippen molar-refractivity contribution >= 4 is 34.5 Å². The number of amidine groups is 1. The van der Waals surface area contributed by atoms with Gasteiger partial charge in [0.1, 0.15) is 11.7 Å². The third-order valence-electron chi connectivity index (χ3n) is 5.55. The number of nitrogens with zero attached hydrogens (tertiary/aromatic N) is 1. The molecule has 0 fully saturated rings. The van der Waals surface area contributed by atoms with Gasteiger partial charge >= 0.3 is 0 Å². The number of benzene rings is 2. The number of fused-ring (bicyclic) bond motifs is 1. The summed E-state index contributed by atoms with van der Waals surface area (Å²) in [5, 5.41) is 8.36. The molecule has 34 heavy (non-hydrogen) atoms. The second-order valence-corrected chi connectivity index (χ2v) is 9.15. The highest BCUT2D eigenvalue weighted by Crippen LogP contribution is 2.40. The number of Topliss-reactive ketones (excluding diaryl/α,β-unsaturated/α-hetero) is 1. The van der Waals surface area contributed by atoms with Crippen molar-refractivity contribution in [3.05, 3.63) is 58.4 Å². The molecule has 3 N–H and O–H groups in total. The molecule has 0 aromatic heterocycles. The van der Waals surface area contributed by atoms with Gasteiger partial charge < -0.3 is 20.1 Å². The molecule has 1 aliphatic heterocycles. The average molecular weight is 536 g/mol. The number of carbonyl (C=O) groups is 2. The minimum absolute atomic E-state index is 0. The minimum Gasteiger partial charge on any atom is -0.493 e. The van der Waals surface area contributed by atoms with E-state index in [4.69, 9.17) is 20.6 Å². The molecule has 1 aliphatic rings. The second kappa shape index (κ2) is 11.0. The molecule has 1 heterocycles. The smallest absolute Gasteiger partial charge is 0.217 e. The lowest BCUT2D eigenvalue weighted by Crippen LogP contribution is -2.30. The summed E-state index contributed by atoms with van der Waals surface area (Å²) in [6.45, 7) is 6.63. The quantitative estimate of drug-likeness (QED) is 0.366. The summed E-state index contributed by atoms with van der Waals surface area (Å²) >= 11 is 0. The number of methoxy groups -OCH3 is 1. The lowest BCUT2D eigenvalue weighted by Gasteiger charge is -2.25. The molecule has 0 radical (unpaired) electrons. The first-order chi connectivity index (χ1) is 15.5. The highest BCUT2D eigenvalue weighted by atomic mass is 79.9. The number of amides is 1. The van der Waals surface area contributed by atoms with Crippen LogP contribution < -0.4 is 15.2 Å². The highest BCUT2D eigenvalue weighted by molar-refractivity contribution is 8.93. The van der Waals surface area contributed by atoms with Gasteiger partial charge in [0, 0.05) is 29.7 Å². The first-order valence-electron chi connectivity index (χ1n) is 10.8. The van der Waals surface area contributed by atoms with Crippen molar-refractivity contribution in [1.29, 1.82) is 5.41 Å². The van der Waals surface area contributed by atoms with Crippen LogP contribution in [0.2, 0.25) is 0 Å². The monoisotopic (exact) mass is 535 g/mol. The normalized spacial score (nSPS) is 12.7. The van der Waals surface area contributed by atoms with Crippen molar-refractivity contribution in [1.82, 2.24) is 4.90 Å². The number of nitrogens with two attached hydrogens (primary N) is 1. The largest absolute Gasteiger partial charge is 0.493 e. The molecule has 0 unspecified atom stereocenters. The topological polar surface area (TPSA) is 106 Å². The molecule has 0 spiro atoms. The summed E-state index contributed by atoms with van der Waals surface area (Å²) in [4.78, 5) is 25.9. The van der Waals surface area contributed by atoms with Crippen LogP contribution in [0, 0.1) is 11.2 Å². The van der Waals surface area contributed by atoms with E-state index in [-0.39, 0.29) is 53.6 Å². The zero-order chi connectivity index (χ0) is 24.3. The van der Waals surface area contributed by atoms with Crippen LogP contribution in [0.25, 0.3) is 0 Å². The lowest BCUT2D eigenvalue weighted by atomic mass is 9.84. The molecule has 0 saturated carbocycles. The van der Waals surface area contributed by atoms with Crippen molar-refractivity contribution in [2.24, 2.45) is 5.73 Å². The van der Waals surface area contributed by atoms with Crippen molar-refractivity contribution < 1.29 is 23.5 Å². The number of carbonyl (C=O) groups excluding carboxylic acids is 2. The molecule has 184 valence electrons. The Kier molecular flexibility index (Phi) is 8.83. The van der Waals surface area contributed by atoms with Gasteiger partial charge in [-0.25, -0.2) is 4.39 Å². The van der Waals surface area contributed by atoms with E-state index in [0.29, 0.717) is 35.6 Å². The fraction of sp³-hybridized carbons (Fsp3) is 0.400. The number of primary amides is 1. The van der Waals surface area contributed by atoms with E-state index in [0.717, 1.165) is 11.1 Å². The summed E-state index contributed by atoms with van der Waals surface area (Å²) in [5.74, 6) is 0.0802. The first-order valence-corrected chi connectivity index (χ1v) is 10.8. The number of halogens is 2. The summed E-state index contributed by atoms with van der Waals surface area (Å²) < 4.78 is 25.1. The van der Waals surface area contributed by atoms with Crippen LogP contribution in [0.1, 0.15) is 60.7 Å². The van der Waals surface area contributed by atoms with E-state index >= 15 is 0 Å². The average Bonchev–Trinajstić information content (AvgIpc) is 3.04. The van der Waals surface area contributed by atoms with Crippen molar-refractivity contribution in [2.45, 2.75) is 45.6 Å². The molecular weight excluding hydrogens is 505 g/mol. The van der Waals surface area contributed by atoms with Gasteiger partial charge in [0.25, 0.3) is 0 Å². The highest BCUT2D eigenvalue weighted by Gasteiger charge is 2.29. The van der Waals surface area contributed by atoms with Gasteiger partial charge in [0.05, 0.1) is 20.3 Å². The maximum Gasteiger partial charge on any atom is 0.217 e. The first kappa shape index (κ1) is 27.3. The van der Waals surface area contributed by atoms with Gasteiger partial charge in [-0.15, -0.1) is 17.0 Å². The number of hydrogen-bond donors (Lipinski definition) is 2. The molecule has 0 bridgehead atoms. The zero-order valence-electron chi connectivity index (χ0n) is 19.9. The van der Waals surface area contributed by atoms with Crippen LogP contribution in [0.15, 0.2) is 30.3 Å². The molecular formula is C25H31BrFN3O4. The van der Waals surface area contributed by atoms with Crippen molar-refractivity contribution in [3.63, 3.8) is 0 Å². The summed E-state index contributed by atoms with van der Waals surface area (Å²) in [6, 6.07) is 7.76. The maximum absolute atomic E-state index is 13.6. The molecule has 0 aliphatic carbocycles. The van der Waals surface area contributed by atoms with Crippen molar-refractivity contribution in [2.75, 3.05) is 20.3 Å². The van der Waals surface area contributed by atoms with E-state index in [9.17, 15) is 14.0 Å². The number of rotatable bonds is 9. The molecule has 7 nitrogen and oxygen atoms in total. The van der Waals surface area contributed by atoms with Crippen LogP contribution in [0.4, 0.5) is 4.39 Å². The fourth-order valence-corrected chi connectivity index (χ4v) is 3.83. The van der Waals surface area contributed by atoms with E-state index in [1.54, 1.807) is 30.2 Å². The third kappa shape index (κ3) is 6.14. The molecule has 3 rings (SSSR count). The molecule has 2 aromatic rings. The van der Waals surface area contributed by atoms with Crippen LogP contribution >= 0.6 is 17.0 Å². The predicted octanol–water partition coefficient (Wildman–Crippen LogP) is 4.38. The van der Waals surface area contributed by atoms with Crippen LogP contribution in [-0.4, -0.2) is 42.7 Å². The van der Waals surface area contributed by atoms with E-state index in [2.05, 4.69) is 0 Å². The van der Waals surface area contributed by atoms with Gasteiger partial charge in [-0.3, -0.25) is 15.0 Å². The maximum atomic E-state index is 13.6. The van der Waals surface area contributed by atoms with Crippen LogP contribution in [-0.2, 0) is 16.8 Å². The van der Waals surface area contributed by atoms with Gasteiger partial charge in [-0.05, 0) is 41.7 Å². The molecule has 0 saturated heterocycles. The number of ether oxygens (including phenoxy) is 2. The van der Waals surface area contributed by atoms with Gasteiger partial charge in [-0.2, -0.15) is 0 Å². The Morgan fingerprint density at radius 3 is 2.53 bits per heavy atom. The third-order valence-corrected chi connectivity index (χ3v) is 5.55. The van der Waals surface area contributed by atoms with Crippen molar-refractivity contribution in [3.8, 4) is 11.5 Å². The fourth-order valence-electron chi connectivity index (χ4n) is 3.83. The number of ketones is 1. The van der Waals surface area contributed by atoms with Crippen LogP contribution in [0.3, 0.4) is 0 Å². The molecule has 1 amide bonds. The SMILES string of the molecule is Br.COc1c(OCCCC(N)=O)cc(C(=O)CN2Cc3ccc(F)cc3C2=N)cc1C(C)(C)C. The van der Waals surface area contributed by atoms with E-state index < -0.39 is 11.7 Å². The Bertz CT molecular complexity index is 1100. The predicted molar refractivity (Wildman–Crippen MR) is 134 cm³/mol. The van der Waals surface area contributed by atoms with Gasteiger partial charge in [0.15, 0.2) is 17.3 Å². The standard InChI is InChI=1S/C25H30FN3O4.BrH/c1-25(2,3)19-10-16(11-21(23(19)32-4)33-9-5-6-22(27)31)20(30)14-29-13-15-7-8-17(26)12-18(15)24(29)28;/h7-8,10-12,28H,5-6,9,13-14H2,1-4H3,(H2,27,31);1H. The van der Waals surface area contributed by atoms with Gasteiger partial charge in [-0.1, -0.05) is 26.8 Å². The Hall–Kier alpha value is -2.94. The summed E-state index contributed by atoms with van der Waals surface area (Å²) in [6.07, 6.45) is 0.645. The second-order valence-electron chi connectivity index (χ2n) is 9.15. The Morgan fingerprint density at radius 2 is 1.91 bits per heavy atom. The summed E-state index contributed by atoms with van der Waals surface area (Å²) in [7, 11) is 1.55. The van der Waals surface area contributed by atoms with Crippen LogP contribution in [0.5, 0.6) is 11.5 Å². The Labute approximate surface area is 209 Å². The van der Waals surface area contributed by atoms with E-state index in [1.165, 1.54) is 12.1 Å². The number of hydrogen-bond acceptors (Lipinski definition) is 5. The van der Waals surface area contributed by atoms with E-state index in [1.807, 2.05) is 20.8 Å². The molecule has 2 aromatic carbocycles. The molecule has 9 heteroatoms. The lowest BCUT2D eigenvalue weighted by molar-refractivity contribution is -0.118. The number of nitrogens with one attached hydrogen (secondary N) is 1. The zero-order valence-corrected chi connectivity index (χ0v) is 21.6. The summed E-state index contributed by atoms with van der Waals surface area (Å²) in [5.41, 5.74) is 7.43. The van der Waals surface area contributed by atoms with Gasteiger partial charge in [0.2, 0.25) is 5.91 Å².